The Morgan fingerprint density at radius 3 is 2.93 bits per heavy atom. The first-order valence-corrected chi connectivity index (χ1v) is 5.92. The van der Waals surface area contributed by atoms with E-state index in [1.807, 2.05) is 6.08 Å². The third kappa shape index (κ3) is 3.00. The summed E-state index contributed by atoms with van der Waals surface area (Å²) in [6, 6.07) is 0. The van der Waals surface area contributed by atoms with Crippen molar-refractivity contribution in [2.75, 3.05) is 0 Å². The van der Waals surface area contributed by atoms with Gasteiger partial charge in [-0.3, -0.25) is 0 Å². The number of hydrogen-bond acceptors (Lipinski definition) is 1. The van der Waals surface area contributed by atoms with E-state index in [1.165, 1.54) is 24.8 Å². The summed E-state index contributed by atoms with van der Waals surface area (Å²) in [5.74, 6) is 0.485. The lowest BCUT2D eigenvalue weighted by Crippen LogP contribution is -2.23. The van der Waals surface area contributed by atoms with Crippen molar-refractivity contribution in [3.8, 4) is 0 Å². The quantitative estimate of drug-likeness (QED) is 0.683. The summed E-state index contributed by atoms with van der Waals surface area (Å²) in [5, 5.41) is 9.83. The van der Waals surface area contributed by atoms with Crippen LogP contribution in [0.25, 0.3) is 0 Å². The van der Waals surface area contributed by atoms with Crippen molar-refractivity contribution < 1.29 is 5.11 Å². The third-order valence-corrected chi connectivity index (χ3v) is 3.32. The second-order valence-corrected chi connectivity index (χ2v) is 4.46. The highest BCUT2D eigenvalue weighted by Gasteiger charge is 2.22. The van der Waals surface area contributed by atoms with Gasteiger partial charge in [-0.15, -0.1) is 0 Å². The summed E-state index contributed by atoms with van der Waals surface area (Å²) in [6.07, 6.45) is 18.2. The average molecular weight is 203 g/mol. The summed E-state index contributed by atoms with van der Waals surface area (Å²) >= 11 is 0. The number of rotatable bonds is 2. The lowest BCUT2D eigenvalue weighted by atomic mass is 9.84. The lowest BCUT2D eigenvalue weighted by Gasteiger charge is -2.25. The van der Waals surface area contributed by atoms with Crippen LogP contribution in [0.4, 0.5) is 0 Å². The van der Waals surface area contributed by atoms with Crippen LogP contribution < -0.4 is 0 Å². The van der Waals surface area contributed by atoms with Crippen LogP contribution in [-0.2, 0) is 0 Å². The molecule has 0 bridgehead atoms. The van der Waals surface area contributed by atoms with Crippen LogP contribution >= 0.6 is 0 Å². The fraction of sp³-hybridized carbons (Fsp3) is 0.500. The van der Waals surface area contributed by atoms with Gasteiger partial charge in [0.1, 0.15) is 0 Å². The van der Waals surface area contributed by atoms with E-state index in [0.717, 1.165) is 12.8 Å². The zero-order chi connectivity index (χ0) is 10.5. The molecule has 0 radical (unpaired) electrons. The van der Waals surface area contributed by atoms with Gasteiger partial charge in [-0.05, 0) is 24.8 Å². The first kappa shape index (κ1) is 10.6. The summed E-state index contributed by atoms with van der Waals surface area (Å²) in [6.45, 7) is 0. The van der Waals surface area contributed by atoms with E-state index in [4.69, 9.17) is 0 Å². The molecule has 15 heavy (non-hydrogen) atoms. The van der Waals surface area contributed by atoms with Crippen LogP contribution in [0.2, 0.25) is 0 Å². The van der Waals surface area contributed by atoms with Crippen LogP contribution in [0, 0.1) is 12.3 Å². The molecule has 0 aromatic heterocycles. The van der Waals surface area contributed by atoms with Crippen molar-refractivity contribution in [3.63, 3.8) is 0 Å². The van der Waals surface area contributed by atoms with E-state index in [0.29, 0.717) is 5.92 Å². The van der Waals surface area contributed by atoms with E-state index in [1.54, 1.807) is 0 Å². The summed E-state index contributed by atoms with van der Waals surface area (Å²) in [4.78, 5) is 0. The minimum absolute atomic E-state index is 0.0706. The van der Waals surface area contributed by atoms with Gasteiger partial charge in [0, 0.05) is 37.1 Å². The molecule has 0 spiro atoms. The van der Waals surface area contributed by atoms with Crippen molar-refractivity contribution in [3.05, 3.63) is 42.4 Å². The van der Waals surface area contributed by atoms with Crippen molar-refractivity contribution in [1.82, 2.24) is 0 Å². The van der Waals surface area contributed by atoms with Crippen LogP contribution in [0.1, 0.15) is 32.1 Å². The first-order chi connectivity index (χ1) is 7.36. The molecule has 0 amide bonds. The Labute approximate surface area is 92.2 Å². The Hall–Kier alpha value is -0.950. The van der Waals surface area contributed by atoms with Crippen molar-refractivity contribution >= 4 is 0 Å². The molecular weight excluding hydrogens is 184 g/mol. The van der Waals surface area contributed by atoms with Gasteiger partial charge in [-0.25, -0.2) is 0 Å². The summed E-state index contributed by atoms with van der Waals surface area (Å²) in [7, 11) is 0. The lowest BCUT2D eigenvalue weighted by molar-refractivity contribution is 0.0713. The number of aliphatic hydroxyl groups is 1. The molecule has 1 saturated carbocycles. The minimum atomic E-state index is -0.0706. The predicted octanol–water partition coefficient (Wildman–Crippen LogP) is 3.18. The van der Waals surface area contributed by atoms with Crippen molar-refractivity contribution in [1.29, 1.82) is 0 Å². The number of allylic oxidation sites excluding steroid dienone is 6. The molecule has 0 saturated heterocycles. The third-order valence-electron chi connectivity index (χ3n) is 3.32. The molecule has 1 N–H and O–H groups in total. The van der Waals surface area contributed by atoms with Gasteiger partial charge in [0.2, 0.25) is 0 Å². The molecular formula is C14H19O+. The molecule has 1 heteroatoms. The number of aliphatic hydroxyl groups excluding tert-OH is 1. The van der Waals surface area contributed by atoms with E-state index in [9.17, 15) is 5.11 Å². The zero-order valence-electron chi connectivity index (χ0n) is 9.10. The van der Waals surface area contributed by atoms with Crippen LogP contribution in [-0.4, -0.2) is 11.2 Å². The Bertz CT molecular complexity index is 286. The number of hydrogen-bond donors (Lipinski definition) is 1. The first-order valence-electron chi connectivity index (χ1n) is 5.92. The van der Waals surface area contributed by atoms with Crippen LogP contribution in [0.3, 0.4) is 0 Å². The molecule has 0 unspecified atom stereocenters. The molecule has 2 atom stereocenters. The fourth-order valence-corrected chi connectivity index (χ4v) is 2.34. The second kappa shape index (κ2) is 5.22. The van der Waals surface area contributed by atoms with Gasteiger partial charge >= 0.3 is 0 Å². The highest BCUT2D eigenvalue weighted by Crippen LogP contribution is 2.28. The van der Waals surface area contributed by atoms with Gasteiger partial charge in [-0.2, -0.15) is 0 Å². The molecule has 0 heterocycles. The van der Waals surface area contributed by atoms with E-state index >= 15 is 0 Å². The molecule has 0 aliphatic heterocycles. The van der Waals surface area contributed by atoms with Crippen LogP contribution in [0.5, 0.6) is 0 Å². The summed E-state index contributed by atoms with van der Waals surface area (Å²) in [5.41, 5.74) is 1.27. The molecule has 2 aliphatic carbocycles. The Balaban J connectivity index is 1.86. The molecule has 0 aromatic rings. The highest BCUT2D eigenvalue weighted by atomic mass is 16.3. The SMILES string of the molecule is O[C@@H]1CCCC[C@H]1C/C=C1/C=CC=C[CH+]1. The largest absolute Gasteiger partial charge is 0.393 e. The highest BCUT2D eigenvalue weighted by molar-refractivity contribution is 5.38. The minimum Gasteiger partial charge on any atom is -0.393 e. The van der Waals surface area contributed by atoms with E-state index in [2.05, 4.69) is 30.7 Å². The fourth-order valence-electron chi connectivity index (χ4n) is 2.34. The maximum absolute atomic E-state index is 9.83. The van der Waals surface area contributed by atoms with Crippen molar-refractivity contribution in [2.45, 2.75) is 38.2 Å². The molecule has 1 fully saturated rings. The van der Waals surface area contributed by atoms with Gasteiger partial charge in [0.25, 0.3) is 0 Å². The standard InChI is InChI=1S/C14H19O/c15-14-9-5-4-8-13(14)11-10-12-6-2-1-3-7-12/h1-3,6-7,10,13-15H,4-5,8-9,11H2/q+1/t13-,14+/m0/s1. The van der Waals surface area contributed by atoms with Gasteiger partial charge in [0.15, 0.2) is 0 Å². The van der Waals surface area contributed by atoms with Gasteiger partial charge in [0.05, 0.1) is 11.7 Å². The Morgan fingerprint density at radius 2 is 2.20 bits per heavy atom. The molecule has 2 rings (SSSR count). The molecule has 80 valence electrons. The molecule has 0 aromatic carbocycles. The Kier molecular flexibility index (Phi) is 3.68. The van der Waals surface area contributed by atoms with Gasteiger partial charge < -0.3 is 5.11 Å². The van der Waals surface area contributed by atoms with Gasteiger partial charge in [-0.1, -0.05) is 12.8 Å². The monoisotopic (exact) mass is 203 g/mol. The second-order valence-electron chi connectivity index (χ2n) is 4.46. The van der Waals surface area contributed by atoms with Crippen molar-refractivity contribution in [2.24, 2.45) is 5.92 Å². The van der Waals surface area contributed by atoms with E-state index in [-0.39, 0.29) is 6.10 Å². The predicted molar refractivity (Wildman–Crippen MR) is 63.2 cm³/mol. The van der Waals surface area contributed by atoms with E-state index < -0.39 is 0 Å². The topological polar surface area (TPSA) is 20.2 Å². The maximum Gasteiger partial charge on any atom is 0.0917 e. The molecule has 2 aliphatic rings. The zero-order valence-corrected chi connectivity index (χ0v) is 9.10. The Morgan fingerprint density at radius 1 is 1.33 bits per heavy atom. The van der Waals surface area contributed by atoms with Crippen LogP contribution in [0.15, 0.2) is 36.0 Å². The smallest absolute Gasteiger partial charge is 0.0917 e. The maximum atomic E-state index is 9.83. The normalized spacial score (nSPS) is 33.0. The average Bonchev–Trinajstić information content (AvgIpc) is 2.29. The summed E-state index contributed by atoms with van der Waals surface area (Å²) < 4.78 is 0. The molecule has 1 nitrogen and oxygen atoms in total.